The largest absolute Gasteiger partial charge is 0.379 e. The summed E-state index contributed by atoms with van der Waals surface area (Å²) < 4.78 is 37.9. The minimum absolute atomic E-state index is 0.240. The number of rotatable bonds is 10. The first kappa shape index (κ1) is 23.0. The van der Waals surface area contributed by atoms with E-state index < -0.39 is 10.0 Å². The quantitative estimate of drug-likeness (QED) is 0.328. The van der Waals surface area contributed by atoms with Gasteiger partial charge < -0.3 is 20.1 Å². The van der Waals surface area contributed by atoms with Crippen LogP contribution in [0.15, 0.2) is 34.2 Å². The van der Waals surface area contributed by atoms with E-state index in [2.05, 4.69) is 15.6 Å². The van der Waals surface area contributed by atoms with E-state index in [0.717, 1.165) is 56.9 Å². The van der Waals surface area contributed by atoms with Crippen LogP contribution in [0.5, 0.6) is 0 Å². The van der Waals surface area contributed by atoms with E-state index in [9.17, 15) is 8.42 Å². The zero-order chi connectivity index (χ0) is 21.2. The number of guanidine groups is 1. The third kappa shape index (κ3) is 6.66. The van der Waals surface area contributed by atoms with E-state index in [4.69, 9.17) is 9.47 Å². The van der Waals surface area contributed by atoms with Gasteiger partial charge >= 0.3 is 0 Å². The third-order valence-electron chi connectivity index (χ3n) is 5.25. The molecule has 1 aromatic carbocycles. The van der Waals surface area contributed by atoms with E-state index in [-0.39, 0.29) is 6.10 Å². The molecular weight excluding hydrogens is 404 g/mol. The average Bonchev–Trinajstić information content (AvgIpc) is 3.46. The lowest BCUT2D eigenvalue weighted by molar-refractivity contribution is 0.0420. The molecule has 0 aliphatic carbocycles. The number of sulfonamides is 1. The highest BCUT2D eigenvalue weighted by Gasteiger charge is 2.26. The van der Waals surface area contributed by atoms with Crippen LogP contribution in [0.1, 0.15) is 38.2 Å². The molecule has 0 amide bonds. The molecule has 1 aromatic rings. The fourth-order valence-electron chi connectivity index (χ4n) is 3.53. The molecule has 2 fully saturated rings. The number of aliphatic imine (C=N–C) groups is 1. The van der Waals surface area contributed by atoms with E-state index in [0.29, 0.717) is 37.7 Å². The average molecular weight is 439 g/mol. The van der Waals surface area contributed by atoms with Crippen molar-refractivity contribution in [3.8, 4) is 0 Å². The Hall–Kier alpha value is -1.68. The van der Waals surface area contributed by atoms with Crippen LogP contribution >= 0.6 is 0 Å². The predicted octanol–water partition coefficient (Wildman–Crippen LogP) is 1.72. The molecule has 9 heteroatoms. The number of nitrogens with zero attached hydrogens (tertiary/aromatic N) is 2. The van der Waals surface area contributed by atoms with E-state index in [1.54, 1.807) is 16.4 Å². The number of hydrogen-bond donors (Lipinski definition) is 2. The molecule has 2 aliphatic rings. The van der Waals surface area contributed by atoms with Gasteiger partial charge in [-0.25, -0.2) is 13.4 Å². The summed E-state index contributed by atoms with van der Waals surface area (Å²) in [4.78, 5) is 4.96. The fourth-order valence-corrected chi connectivity index (χ4v) is 5.05. The monoisotopic (exact) mass is 438 g/mol. The van der Waals surface area contributed by atoms with Crippen LogP contribution in [0.3, 0.4) is 0 Å². The SMILES string of the molecule is CCNC(=NCc1ccc(S(=O)(=O)N2CCCC2)cc1)NCCCOC1CCOC1. The van der Waals surface area contributed by atoms with Crippen LogP contribution in [0.25, 0.3) is 0 Å². The Labute approximate surface area is 180 Å². The number of hydrogen-bond acceptors (Lipinski definition) is 5. The summed E-state index contributed by atoms with van der Waals surface area (Å²) in [5.41, 5.74) is 0.970. The molecule has 2 N–H and O–H groups in total. The van der Waals surface area contributed by atoms with Crippen LogP contribution in [-0.4, -0.2) is 70.8 Å². The molecule has 0 spiro atoms. The summed E-state index contributed by atoms with van der Waals surface area (Å²) in [7, 11) is -3.37. The Bertz CT molecular complexity index is 771. The Morgan fingerprint density at radius 3 is 2.67 bits per heavy atom. The minimum atomic E-state index is -3.37. The van der Waals surface area contributed by atoms with Gasteiger partial charge in [-0.05, 0) is 50.3 Å². The summed E-state index contributed by atoms with van der Waals surface area (Å²) >= 11 is 0. The molecular formula is C21H34N4O4S. The molecule has 0 radical (unpaired) electrons. The molecule has 3 rings (SSSR count). The Morgan fingerprint density at radius 1 is 1.23 bits per heavy atom. The number of nitrogens with one attached hydrogen (secondary N) is 2. The first-order chi connectivity index (χ1) is 14.6. The molecule has 0 saturated carbocycles. The molecule has 0 aromatic heterocycles. The van der Waals surface area contributed by atoms with Gasteiger partial charge in [0, 0.05) is 39.4 Å². The summed E-state index contributed by atoms with van der Waals surface area (Å²) in [5, 5.41) is 6.55. The second-order valence-electron chi connectivity index (χ2n) is 7.59. The second kappa shape index (κ2) is 11.6. The molecule has 0 bridgehead atoms. The maximum absolute atomic E-state index is 12.6. The molecule has 2 saturated heterocycles. The molecule has 30 heavy (non-hydrogen) atoms. The van der Waals surface area contributed by atoms with Gasteiger partial charge in [0.1, 0.15) is 0 Å². The van der Waals surface area contributed by atoms with Crippen molar-refractivity contribution < 1.29 is 17.9 Å². The van der Waals surface area contributed by atoms with Crippen LogP contribution in [0.2, 0.25) is 0 Å². The summed E-state index contributed by atoms with van der Waals surface area (Å²) in [6, 6.07) is 7.05. The molecule has 2 heterocycles. The van der Waals surface area contributed by atoms with Crippen LogP contribution in [-0.2, 0) is 26.0 Å². The van der Waals surface area contributed by atoms with Crippen LogP contribution in [0.4, 0.5) is 0 Å². The van der Waals surface area contributed by atoms with Gasteiger partial charge in [0.25, 0.3) is 0 Å². The van der Waals surface area contributed by atoms with Gasteiger partial charge in [-0.1, -0.05) is 12.1 Å². The number of ether oxygens (including phenoxy) is 2. The van der Waals surface area contributed by atoms with E-state index in [1.165, 1.54) is 0 Å². The fraction of sp³-hybridized carbons (Fsp3) is 0.667. The molecule has 1 unspecified atom stereocenters. The summed E-state index contributed by atoms with van der Waals surface area (Å²) in [6.45, 7) is 7.49. The van der Waals surface area contributed by atoms with Gasteiger partial charge in [0.2, 0.25) is 10.0 Å². The van der Waals surface area contributed by atoms with Crippen LogP contribution in [0, 0.1) is 0 Å². The zero-order valence-corrected chi connectivity index (χ0v) is 18.6. The van der Waals surface area contributed by atoms with Crippen molar-refractivity contribution in [3.63, 3.8) is 0 Å². The first-order valence-electron chi connectivity index (χ1n) is 10.9. The highest BCUT2D eigenvalue weighted by Crippen LogP contribution is 2.21. The van der Waals surface area contributed by atoms with Crippen molar-refractivity contribution in [2.45, 2.75) is 50.2 Å². The Morgan fingerprint density at radius 2 is 2.00 bits per heavy atom. The molecule has 2 aliphatic heterocycles. The lowest BCUT2D eigenvalue weighted by Crippen LogP contribution is -2.38. The van der Waals surface area contributed by atoms with Gasteiger partial charge in [-0.3, -0.25) is 0 Å². The normalized spacial score (nSPS) is 20.6. The zero-order valence-electron chi connectivity index (χ0n) is 17.8. The first-order valence-corrected chi connectivity index (χ1v) is 12.3. The van der Waals surface area contributed by atoms with Crippen molar-refractivity contribution >= 4 is 16.0 Å². The van der Waals surface area contributed by atoms with Crippen molar-refractivity contribution in [2.75, 3.05) is 46.0 Å². The van der Waals surface area contributed by atoms with E-state index >= 15 is 0 Å². The maximum Gasteiger partial charge on any atom is 0.243 e. The van der Waals surface area contributed by atoms with Gasteiger partial charge in [-0.15, -0.1) is 0 Å². The lowest BCUT2D eigenvalue weighted by atomic mass is 10.2. The predicted molar refractivity (Wildman–Crippen MR) is 117 cm³/mol. The smallest absolute Gasteiger partial charge is 0.243 e. The van der Waals surface area contributed by atoms with Crippen molar-refractivity contribution in [3.05, 3.63) is 29.8 Å². The Kier molecular flexibility index (Phi) is 8.92. The molecule has 168 valence electrons. The van der Waals surface area contributed by atoms with Crippen molar-refractivity contribution in [1.29, 1.82) is 0 Å². The molecule has 8 nitrogen and oxygen atoms in total. The second-order valence-corrected chi connectivity index (χ2v) is 9.52. The topological polar surface area (TPSA) is 92.3 Å². The summed E-state index contributed by atoms with van der Waals surface area (Å²) in [5.74, 6) is 0.746. The lowest BCUT2D eigenvalue weighted by Gasteiger charge is -2.15. The number of benzene rings is 1. The third-order valence-corrected chi connectivity index (χ3v) is 7.16. The van der Waals surface area contributed by atoms with Crippen LogP contribution < -0.4 is 10.6 Å². The summed E-state index contributed by atoms with van der Waals surface area (Å²) in [6.07, 6.45) is 3.99. The van der Waals surface area contributed by atoms with Crippen molar-refractivity contribution in [1.82, 2.24) is 14.9 Å². The highest BCUT2D eigenvalue weighted by molar-refractivity contribution is 7.89. The maximum atomic E-state index is 12.6. The van der Waals surface area contributed by atoms with Gasteiger partial charge in [0.05, 0.1) is 24.2 Å². The van der Waals surface area contributed by atoms with E-state index in [1.807, 2.05) is 19.1 Å². The Balaban J connectivity index is 1.46. The van der Waals surface area contributed by atoms with Gasteiger partial charge in [-0.2, -0.15) is 4.31 Å². The minimum Gasteiger partial charge on any atom is -0.379 e. The standard InChI is InChI=1S/C21H34N4O4S/c1-2-22-21(23-11-5-14-29-19-10-15-28-17-19)24-16-18-6-8-20(9-7-18)30(26,27)25-12-3-4-13-25/h6-9,19H,2-5,10-17H2,1H3,(H2,22,23,24). The van der Waals surface area contributed by atoms with Crippen molar-refractivity contribution in [2.24, 2.45) is 4.99 Å². The van der Waals surface area contributed by atoms with Gasteiger partial charge in [0.15, 0.2) is 5.96 Å². The molecule has 1 atom stereocenters. The highest BCUT2D eigenvalue weighted by atomic mass is 32.2.